The molecule has 63 heavy (non-hydrogen) atoms. The predicted octanol–water partition coefficient (Wildman–Crippen LogP) is 10.4. The van der Waals surface area contributed by atoms with Crippen LogP contribution in [0.25, 0.3) is 0 Å². The van der Waals surface area contributed by atoms with Crippen LogP contribution in [0.2, 0.25) is 0 Å². The largest absolute Gasteiger partial charge is 0.493 e. The van der Waals surface area contributed by atoms with E-state index in [2.05, 4.69) is 43.5 Å². The van der Waals surface area contributed by atoms with Gasteiger partial charge in [-0.05, 0) is 105 Å². The first-order valence-corrected chi connectivity index (χ1v) is 23.9. The Kier molecular flexibility index (Phi) is 12.0. The van der Waals surface area contributed by atoms with E-state index >= 15 is 0 Å². The van der Waals surface area contributed by atoms with Crippen molar-refractivity contribution in [1.29, 1.82) is 0 Å². The van der Waals surface area contributed by atoms with Crippen LogP contribution < -0.4 is 24.3 Å². The first-order valence-electron chi connectivity index (χ1n) is 21.4. The molecule has 326 valence electrons. The smallest absolute Gasteiger partial charge is 0.260 e. The zero-order chi connectivity index (χ0) is 43.8. The third-order valence-electron chi connectivity index (χ3n) is 12.2. The third-order valence-corrected chi connectivity index (χ3v) is 14.9. The van der Waals surface area contributed by atoms with Gasteiger partial charge in [-0.25, -0.2) is 0 Å². The topological polar surface area (TPSA) is 131 Å². The van der Waals surface area contributed by atoms with Gasteiger partial charge in [0, 0.05) is 65.7 Å². The van der Waals surface area contributed by atoms with Crippen LogP contribution >= 0.6 is 21.6 Å². The van der Waals surface area contributed by atoms with Gasteiger partial charge in [0.25, 0.3) is 11.8 Å². The van der Waals surface area contributed by atoms with E-state index < -0.39 is 0 Å². The second kappa shape index (κ2) is 17.8. The molecule has 0 saturated carbocycles. The molecular formula is C49H51N5O7S2. The number of amides is 3. The Morgan fingerprint density at radius 2 is 1.25 bits per heavy atom. The molecular weight excluding hydrogens is 835 g/mol. The molecule has 0 unspecified atom stereocenters. The Labute approximate surface area is 376 Å². The summed E-state index contributed by atoms with van der Waals surface area (Å²) in [5.41, 5.74) is 8.61. The van der Waals surface area contributed by atoms with Crippen molar-refractivity contribution in [2.24, 2.45) is 9.98 Å². The summed E-state index contributed by atoms with van der Waals surface area (Å²) in [6, 6.07) is 12.4. The lowest BCUT2D eigenvalue weighted by atomic mass is 10.0. The van der Waals surface area contributed by atoms with Crippen LogP contribution in [0.5, 0.6) is 23.0 Å². The highest BCUT2D eigenvalue weighted by atomic mass is 33.1. The number of fused-ring (bicyclic) bond motifs is 6. The normalized spacial score (nSPS) is 19.5. The van der Waals surface area contributed by atoms with Crippen molar-refractivity contribution in [1.82, 2.24) is 9.80 Å². The van der Waals surface area contributed by atoms with Gasteiger partial charge in [-0.15, -0.1) is 0 Å². The van der Waals surface area contributed by atoms with Gasteiger partial charge < -0.3 is 34.1 Å². The molecule has 0 radical (unpaired) electrons. The Balaban J connectivity index is 0.966. The molecule has 1 N–H and O–H groups in total. The molecule has 0 aromatic heterocycles. The van der Waals surface area contributed by atoms with Gasteiger partial charge in [0.1, 0.15) is 13.2 Å². The van der Waals surface area contributed by atoms with Crippen LogP contribution in [-0.2, 0) is 18.0 Å². The Hall–Kier alpha value is -5.73. The average Bonchev–Trinajstić information content (AvgIpc) is 3.77. The van der Waals surface area contributed by atoms with Crippen LogP contribution in [0.15, 0.2) is 99.3 Å². The molecule has 14 heteroatoms. The number of aliphatic imine (C=N–C) groups is 2. The lowest BCUT2D eigenvalue weighted by molar-refractivity contribution is -0.116. The molecule has 3 amide bonds. The molecule has 0 spiro atoms. The van der Waals surface area contributed by atoms with Crippen molar-refractivity contribution in [3.05, 3.63) is 112 Å². The van der Waals surface area contributed by atoms with Gasteiger partial charge in [0.05, 0.1) is 48.8 Å². The van der Waals surface area contributed by atoms with E-state index in [4.69, 9.17) is 28.9 Å². The third kappa shape index (κ3) is 8.67. The Bertz CT molecular complexity index is 2420. The Morgan fingerprint density at radius 3 is 1.73 bits per heavy atom. The van der Waals surface area contributed by atoms with E-state index in [9.17, 15) is 14.4 Å². The highest BCUT2D eigenvalue weighted by molar-refractivity contribution is 8.76. The van der Waals surface area contributed by atoms with Gasteiger partial charge in [0.15, 0.2) is 23.0 Å². The molecule has 0 fully saturated rings. The maximum absolute atomic E-state index is 14.0. The van der Waals surface area contributed by atoms with Crippen LogP contribution in [0, 0.1) is 0 Å². The fourth-order valence-corrected chi connectivity index (χ4v) is 11.4. The molecule has 0 saturated heterocycles. The van der Waals surface area contributed by atoms with Gasteiger partial charge >= 0.3 is 0 Å². The van der Waals surface area contributed by atoms with Crippen molar-refractivity contribution >= 4 is 68.8 Å². The molecule has 12 nitrogen and oxygen atoms in total. The number of allylic oxidation sites excluding steroid dienone is 6. The van der Waals surface area contributed by atoms with Crippen molar-refractivity contribution < 1.29 is 33.3 Å². The summed E-state index contributed by atoms with van der Waals surface area (Å²) in [5, 5.41) is 3.11. The standard InChI is InChI=1S/C49H51N5O7S2/c1-49(2,63-62-5)15-14-46(55)52-33-17-29(27-60-44-23-38-36(21-42(44)58-3)47(56)53-34(25-50-38)19-31-10-6-8-12-40(31)53)16-30(18-33)28-61-45-24-39-37(22-43(45)59-4)48(57)54-35(26-51-39)20-32-11-7-9-13-41(32)54/h6-7,10-11,16-18,21-26,34-35H,8-9,12-15,19-20,27-28H2,1-5H3,(H,52,55)/t34-,35-/m0/s1. The maximum Gasteiger partial charge on any atom is 0.260 e. The zero-order valence-electron chi connectivity index (χ0n) is 36.2. The molecule has 3 aromatic carbocycles. The van der Waals surface area contributed by atoms with Crippen molar-refractivity contribution in [3.63, 3.8) is 0 Å². The quantitative estimate of drug-likeness (QED) is 0.157. The molecule has 2 atom stereocenters. The first kappa shape index (κ1) is 42.6. The molecule has 4 heterocycles. The number of hydrogen-bond acceptors (Lipinski definition) is 11. The van der Waals surface area contributed by atoms with Gasteiger partial charge in [-0.2, -0.15) is 0 Å². The van der Waals surface area contributed by atoms with Crippen molar-refractivity contribution in [2.75, 3.05) is 25.8 Å². The zero-order valence-corrected chi connectivity index (χ0v) is 37.8. The van der Waals surface area contributed by atoms with Crippen LogP contribution in [-0.4, -0.2) is 77.3 Å². The summed E-state index contributed by atoms with van der Waals surface area (Å²) in [4.78, 5) is 54.8. The lowest BCUT2D eigenvalue weighted by Crippen LogP contribution is -2.35. The van der Waals surface area contributed by atoms with Gasteiger partial charge in [-0.3, -0.25) is 24.4 Å². The summed E-state index contributed by atoms with van der Waals surface area (Å²) in [7, 11) is 6.55. The summed E-state index contributed by atoms with van der Waals surface area (Å²) in [5.74, 6) is 1.40. The number of carbonyl (C=O) groups excluding carboxylic acids is 3. The molecule has 4 aliphatic heterocycles. The highest BCUT2D eigenvalue weighted by Crippen LogP contribution is 2.45. The number of ether oxygens (including phenoxy) is 4. The first-order chi connectivity index (χ1) is 30.5. The average molecular weight is 886 g/mol. The molecule has 2 aliphatic carbocycles. The van der Waals surface area contributed by atoms with Crippen molar-refractivity contribution in [2.45, 2.75) is 95.3 Å². The fourth-order valence-electron chi connectivity index (χ4n) is 9.17. The minimum absolute atomic E-state index is 0.0676. The predicted molar refractivity (Wildman–Crippen MR) is 250 cm³/mol. The van der Waals surface area contributed by atoms with Crippen molar-refractivity contribution in [3.8, 4) is 23.0 Å². The summed E-state index contributed by atoms with van der Waals surface area (Å²) >= 11 is 0. The monoisotopic (exact) mass is 885 g/mol. The maximum atomic E-state index is 14.0. The summed E-state index contributed by atoms with van der Waals surface area (Å²) in [6.07, 6.45) is 20.3. The minimum Gasteiger partial charge on any atom is -0.493 e. The number of methoxy groups -OCH3 is 2. The highest BCUT2D eigenvalue weighted by Gasteiger charge is 2.39. The molecule has 0 bridgehead atoms. The number of rotatable bonds is 14. The summed E-state index contributed by atoms with van der Waals surface area (Å²) < 4.78 is 24.4. The lowest BCUT2D eigenvalue weighted by Gasteiger charge is -2.25. The van der Waals surface area contributed by atoms with E-state index in [-0.39, 0.29) is 47.8 Å². The van der Waals surface area contributed by atoms with Gasteiger partial charge in [0.2, 0.25) is 5.91 Å². The molecule has 6 aliphatic rings. The number of benzene rings is 3. The minimum atomic E-state index is -0.138. The van der Waals surface area contributed by atoms with E-state index in [1.807, 2.05) is 46.7 Å². The summed E-state index contributed by atoms with van der Waals surface area (Å²) in [6.45, 7) is 4.51. The van der Waals surface area contributed by atoms with Crippen LogP contribution in [0.4, 0.5) is 17.1 Å². The number of anilines is 1. The Morgan fingerprint density at radius 1 is 0.746 bits per heavy atom. The number of nitrogens with one attached hydrogen (secondary N) is 1. The van der Waals surface area contributed by atoms with E-state index in [1.165, 1.54) is 11.1 Å². The van der Waals surface area contributed by atoms with E-state index in [1.54, 1.807) is 60.1 Å². The second-order valence-corrected chi connectivity index (χ2v) is 20.1. The number of hydrogen-bond donors (Lipinski definition) is 1. The van der Waals surface area contributed by atoms with E-state index in [0.29, 0.717) is 64.0 Å². The number of nitrogens with zero attached hydrogens (tertiary/aromatic N) is 4. The molecule has 3 aromatic rings. The van der Waals surface area contributed by atoms with E-state index in [0.717, 1.165) is 61.0 Å². The SMILES string of the molecule is COc1cc2c(cc1OCc1cc(COc3cc4c(cc3OC)C(=O)N3C5=C(C=CCC5)C[C@H]3C=N4)cc(NC(=O)CCC(C)(C)SSC)c1)N=C[C@@H]1CC3=C(CCC=C3)N1C2=O. The van der Waals surface area contributed by atoms with Crippen LogP contribution in [0.1, 0.15) is 97.1 Å². The molecule has 9 rings (SSSR count). The van der Waals surface area contributed by atoms with Crippen LogP contribution in [0.3, 0.4) is 0 Å². The second-order valence-electron chi connectivity index (χ2n) is 17.0. The fraction of sp³-hybridized carbons (Fsp3) is 0.367. The number of carbonyl (C=O) groups is 3. The van der Waals surface area contributed by atoms with Gasteiger partial charge in [-0.1, -0.05) is 45.9 Å².